The van der Waals surface area contributed by atoms with Gasteiger partial charge in [-0.1, -0.05) is 59.2 Å². The minimum atomic E-state index is 0.462. The monoisotopic (exact) mass is 456 g/mol. The average molecular weight is 457 g/mol. The van der Waals surface area contributed by atoms with Crippen LogP contribution in [0.15, 0.2) is 69.5 Å². The predicted octanol–water partition coefficient (Wildman–Crippen LogP) is 5.62. The molecule has 0 spiro atoms. The van der Waals surface area contributed by atoms with Crippen LogP contribution in [-0.4, -0.2) is 37.0 Å². The molecule has 2 aliphatic rings. The van der Waals surface area contributed by atoms with Gasteiger partial charge in [-0.25, -0.2) is 4.99 Å². The number of hydrogen-bond acceptors (Lipinski definition) is 6. The summed E-state index contributed by atoms with van der Waals surface area (Å²) in [5.74, 6) is 0.626. The molecular weight excluding hydrogens is 439 g/mol. The second-order valence-corrected chi connectivity index (χ2v) is 8.29. The largest absolute Gasteiger partial charge is 0.378 e. The van der Waals surface area contributed by atoms with Gasteiger partial charge in [-0.3, -0.25) is 0 Å². The second-order valence-electron chi connectivity index (χ2n) is 6.59. The van der Waals surface area contributed by atoms with Crippen molar-refractivity contribution in [2.24, 2.45) is 4.99 Å². The SMILES string of the molecule is N#CC1=C(Nc2ccccc2)SC=C(c2ccc(Cl)c(Cl)c2)N=C1N1CCOCC1. The first-order chi connectivity index (χ1) is 14.7. The molecule has 2 heterocycles. The molecule has 0 amide bonds. The molecule has 0 atom stereocenters. The van der Waals surface area contributed by atoms with E-state index >= 15 is 0 Å². The van der Waals surface area contributed by atoms with Crippen LogP contribution in [0.5, 0.6) is 0 Å². The van der Waals surface area contributed by atoms with Gasteiger partial charge in [0.1, 0.15) is 17.5 Å². The van der Waals surface area contributed by atoms with E-state index in [1.807, 2.05) is 41.8 Å². The lowest BCUT2D eigenvalue weighted by atomic mass is 10.1. The Bertz CT molecular complexity index is 1070. The van der Waals surface area contributed by atoms with Crippen LogP contribution in [0.1, 0.15) is 5.56 Å². The number of aliphatic imine (C=N–C) groups is 1. The Morgan fingerprint density at radius 2 is 1.83 bits per heavy atom. The number of nitrogens with zero attached hydrogens (tertiary/aromatic N) is 3. The van der Waals surface area contributed by atoms with E-state index in [1.165, 1.54) is 11.8 Å². The maximum absolute atomic E-state index is 10.0. The quantitative estimate of drug-likeness (QED) is 0.649. The highest BCUT2D eigenvalue weighted by molar-refractivity contribution is 8.06. The third kappa shape index (κ3) is 4.66. The molecule has 1 fully saturated rings. The molecule has 4 rings (SSSR count). The van der Waals surface area contributed by atoms with E-state index in [9.17, 15) is 5.26 Å². The minimum absolute atomic E-state index is 0.462. The van der Waals surface area contributed by atoms with E-state index in [2.05, 4.69) is 16.3 Å². The van der Waals surface area contributed by atoms with E-state index in [0.717, 1.165) is 22.0 Å². The molecule has 0 saturated carbocycles. The molecule has 8 heteroatoms. The zero-order valence-electron chi connectivity index (χ0n) is 15.9. The highest BCUT2D eigenvalue weighted by Gasteiger charge is 2.25. The third-order valence-electron chi connectivity index (χ3n) is 4.63. The summed E-state index contributed by atoms with van der Waals surface area (Å²) in [4.78, 5) is 6.98. The maximum atomic E-state index is 10.0. The Morgan fingerprint density at radius 1 is 1.07 bits per heavy atom. The molecule has 2 aliphatic heterocycles. The van der Waals surface area contributed by atoms with Crippen LogP contribution in [-0.2, 0) is 4.74 Å². The normalized spacial score (nSPS) is 17.0. The number of nitrogens with one attached hydrogen (secondary N) is 1. The lowest BCUT2D eigenvalue weighted by Gasteiger charge is -2.30. The van der Waals surface area contributed by atoms with Gasteiger partial charge in [0.25, 0.3) is 0 Å². The summed E-state index contributed by atoms with van der Waals surface area (Å²) in [6.07, 6.45) is 0. The Hall–Kier alpha value is -2.43. The highest BCUT2D eigenvalue weighted by atomic mass is 35.5. The van der Waals surface area contributed by atoms with Gasteiger partial charge in [-0.05, 0) is 24.3 Å². The number of para-hydroxylation sites is 1. The molecular formula is C22H18Cl2N4OS. The minimum Gasteiger partial charge on any atom is -0.378 e. The molecule has 0 bridgehead atoms. The smallest absolute Gasteiger partial charge is 0.150 e. The molecule has 2 aromatic carbocycles. The molecule has 0 aromatic heterocycles. The van der Waals surface area contributed by atoms with Gasteiger partial charge in [-0.15, -0.1) is 0 Å². The predicted molar refractivity (Wildman–Crippen MR) is 125 cm³/mol. The van der Waals surface area contributed by atoms with Gasteiger partial charge < -0.3 is 15.0 Å². The van der Waals surface area contributed by atoms with Crippen LogP contribution in [0.2, 0.25) is 10.0 Å². The molecule has 1 saturated heterocycles. The van der Waals surface area contributed by atoms with Crippen LogP contribution in [0.25, 0.3) is 5.70 Å². The number of ether oxygens (including phenoxy) is 1. The van der Waals surface area contributed by atoms with Crippen LogP contribution in [0.3, 0.4) is 0 Å². The van der Waals surface area contributed by atoms with Gasteiger partial charge in [0.15, 0.2) is 0 Å². The van der Waals surface area contributed by atoms with Crippen molar-refractivity contribution in [3.63, 3.8) is 0 Å². The number of benzene rings is 2. The summed E-state index contributed by atoms with van der Waals surface area (Å²) >= 11 is 13.7. The van der Waals surface area contributed by atoms with Crippen molar-refractivity contribution in [3.8, 4) is 6.07 Å². The number of anilines is 1. The molecule has 2 aromatic rings. The van der Waals surface area contributed by atoms with Crippen molar-refractivity contribution in [1.29, 1.82) is 5.26 Å². The molecule has 0 radical (unpaired) electrons. The lowest BCUT2D eigenvalue weighted by Crippen LogP contribution is -2.41. The first kappa shape index (κ1) is 20.8. The van der Waals surface area contributed by atoms with E-state index in [1.54, 1.807) is 12.1 Å². The Morgan fingerprint density at radius 3 is 2.53 bits per heavy atom. The van der Waals surface area contributed by atoms with Crippen molar-refractivity contribution in [1.82, 2.24) is 4.90 Å². The number of amidine groups is 1. The Labute approximate surface area is 189 Å². The summed E-state index contributed by atoms with van der Waals surface area (Å²) in [7, 11) is 0. The topological polar surface area (TPSA) is 60.7 Å². The van der Waals surface area contributed by atoms with Crippen LogP contribution >= 0.6 is 35.0 Å². The second kappa shape index (κ2) is 9.59. The fourth-order valence-corrected chi connectivity index (χ4v) is 4.26. The maximum Gasteiger partial charge on any atom is 0.150 e. The summed E-state index contributed by atoms with van der Waals surface area (Å²) in [5.41, 5.74) is 2.95. The van der Waals surface area contributed by atoms with Crippen molar-refractivity contribution in [2.75, 3.05) is 31.6 Å². The highest BCUT2D eigenvalue weighted by Crippen LogP contribution is 2.35. The molecule has 152 valence electrons. The van der Waals surface area contributed by atoms with Crippen LogP contribution in [0, 0.1) is 11.3 Å². The Balaban J connectivity index is 1.78. The van der Waals surface area contributed by atoms with E-state index in [0.29, 0.717) is 47.8 Å². The molecule has 1 N–H and O–H groups in total. The van der Waals surface area contributed by atoms with Crippen molar-refractivity contribution in [3.05, 3.63) is 80.1 Å². The molecule has 0 aliphatic carbocycles. The summed E-state index contributed by atoms with van der Waals surface area (Å²) in [5, 5.41) is 17.0. The number of hydrogen-bond donors (Lipinski definition) is 1. The van der Waals surface area contributed by atoms with Gasteiger partial charge in [0, 0.05) is 29.7 Å². The standard InChI is InChI=1S/C22H18Cl2N4OS/c23-18-7-6-15(12-19(18)24)20-14-30-22(26-16-4-2-1-3-5-16)17(13-25)21(27-20)28-8-10-29-11-9-28/h1-7,12,14,26H,8-11H2. The van der Waals surface area contributed by atoms with Crippen molar-refractivity contribution < 1.29 is 4.74 Å². The zero-order chi connectivity index (χ0) is 20.9. The van der Waals surface area contributed by atoms with E-state index in [4.69, 9.17) is 32.9 Å². The summed E-state index contributed by atoms with van der Waals surface area (Å²) in [6.45, 7) is 2.53. The number of nitriles is 1. The summed E-state index contributed by atoms with van der Waals surface area (Å²) < 4.78 is 5.49. The van der Waals surface area contributed by atoms with Gasteiger partial charge in [0.05, 0.1) is 34.0 Å². The number of thioether (sulfide) groups is 1. The first-order valence-corrected chi connectivity index (χ1v) is 11.0. The molecule has 5 nitrogen and oxygen atoms in total. The van der Waals surface area contributed by atoms with Gasteiger partial charge in [-0.2, -0.15) is 5.26 Å². The fraction of sp³-hybridized carbons (Fsp3) is 0.182. The van der Waals surface area contributed by atoms with Gasteiger partial charge >= 0.3 is 0 Å². The Kier molecular flexibility index (Phi) is 6.66. The number of halogens is 2. The average Bonchev–Trinajstić information content (AvgIpc) is 2.96. The first-order valence-electron chi connectivity index (χ1n) is 9.36. The van der Waals surface area contributed by atoms with E-state index < -0.39 is 0 Å². The fourth-order valence-electron chi connectivity index (χ4n) is 3.11. The molecule has 30 heavy (non-hydrogen) atoms. The van der Waals surface area contributed by atoms with Crippen molar-refractivity contribution >= 4 is 52.2 Å². The number of morpholine rings is 1. The van der Waals surface area contributed by atoms with Crippen molar-refractivity contribution in [2.45, 2.75) is 0 Å². The summed E-state index contributed by atoms with van der Waals surface area (Å²) in [6, 6.07) is 17.5. The van der Waals surface area contributed by atoms with E-state index in [-0.39, 0.29) is 0 Å². The molecule has 0 unspecified atom stereocenters. The number of rotatable bonds is 3. The third-order valence-corrected chi connectivity index (χ3v) is 6.26. The van der Waals surface area contributed by atoms with Crippen LogP contribution in [0.4, 0.5) is 5.69 Å². The van der Waals surface area contributed by atoms with Gasteiger partial charge in [0.2, 0.25) is 0 Å². The van der Waals surface area contributed by atoms with Crippen LogP contribution < -0.4 is 5.32 Å². The zero-order valence-corrected chi connectivity index (χ0v) is 18.3. The lowest BCUT2D eigenvalue weighted by molar-refractivity contribution is 0.0683.